The number of rotatable bonds is 7. The first-order valence-corrected chi connectivity index (χ1v) is 13.7. The van der Waals surface area contributed by atoms with Gasteiger partial charge in [0, 0.05) is 30.5 Å². The Kier molecular flexibility index (Phi) is 9.83. The van der Waals surface area contributed by atoms with Gasteiger partial charge in [-0.15, -0.1) is 0 Å². The number of ether oxygens (including phenoxy) is 1. The van der Waals surface area contributed by atoms with E-state index in [1.807, 2.05) is 0 Å². The fourth-order valence-corrected chi connectivity index (χ4v) is 5.88. The van der Waals surface area contributed by atoms with Gasteiger partial charge in [0.05, 0.1) is 32.6 Å². The van der Waals surface area contributed by atoms with Gasteiger partial charge >= 0.3 is 12.1 Å². The molecule has 4 rings (SSSR count). The van der Waals surface area contributed by atoms with Gasteiger partial charge in [0.15, 0.2) is 12.4 Å². The molecule has 0 saturated heterocycles. The number of carboxylic acids is 1. The second kappa shape index (κ2) is 12.6. The normalized spacial score (nSPS) is 21.2. The largest absolute Gasteiger partial charge is 0.490 e. The summed E-state index contributed by atoms with van der Waals surface area (Å²) in [5.41, 5.74) is -0.865. The van der Waals surface area contributed by atoms with Gasteiger partial charge in [0.2, 0.25) is 5.88 Å². The number of hydrogen-bond acceptors (Lipinski definition) is 9. The van der Waals surface area contributed by atoms with Gasteiger partial charge in [-0.1, -0.05) is 5.16 Å². The van der Waals surface area contributed by atoms with E-state index in [0.29, 0.717) is 5.56 Å². The predicted molar refractivity (Wildman–Crippen MR) is 140 cm³/mol. The molecule has 1 aliphatic rings. The van der Waals surface area contributed by atoms with Gasteiger partial charge in [-0.3, -0.25) is 4.99 Å². The van der Waals surface area contributed by atoms with Crippen LogP contribution < -0.4 is 4.74 Å². The molecule has 0 saturated carbocycles. The van der Waals surface area contributed by atoms with Crippen LogP contribution in [0.3, 0.4) is 0 Å². The van der Waals surface area contributed by atoms with Crippen LogP contribution in [0, 0.1) is 5.82 Å². The minimum Gasteiger partial charge on any atom is -0.475 e. The number of aliphatic imine (C=N–C) groups is 1. The van der Waals surface area contributed by atoms with Gasteiger partial charge in [0.25, 0.3) is 6.43 Å². The van der Waals surface area contributed by atoms with Crippen LogP contribution in [0.2, 0.25) is 0 Å². The Bertz CT molecular complexity index is 1600. The Morgan fingerprint density at radius 1 is 1.19 bits per heavy atom. The van der Waals surface area contributed by atoms with Crippen molar-refractivity contribution in [3.8, 4) is 28.6 Å². The molecule has 0 spiro atoms. The molecule has 0 radical (unpaired) electrons. The third kappa shape index (κ3) is 7.47. The van der Waals surface area contributed by atoms with Gasteiger partial charge in [-0.2, -0.15) is 13.2 Å². The molecule has 1 aliphatic heterocycles. The lowest BCUT2D eigenvalue weighted by molar-refractivity contribution is -0.192. The molecule has 0 aliphatic carbocycles. The molecule has 1 N–H and O–H groups in total. The van der Waals surface area contributed by atoms with Crippen LogP contribution in [0.4, 0.5) is 30.7 Å². The van der Waals surface area contributed by atoms with Crippen molar-refractivity contribution in [1.29, 1.82) is 0 Å². The molecular weight excluding hydrogens is 615 g/mol. The van der Waals surface area contributed by atoms with E-state index in [-0.39, 0.29) is 34.3 Å². The first-order valence-electron chi connectivity index (χ1n) is 12.0. The summed E-state index contributed by atoms with van der Waals surface area (Å²) in [6.45, 7) is 1.50. The number of halogens is 7. The van der Waals surface area contributed by atoms with Crippen LogP contribution in [-0.4, -0.2) is 80.1 Å². The molecule has 3 heterocycles. The highest BCUT2D eigenvalue weighted by Gasteiger charge is 2.47. The van der Waals surface area contributed by atoms with Crippen molar-refractivity contribution in [3.05, 3.63) is 48.0 Å². The highest BCUT2D eigenvalue weighted by atomic mass is 32.2. The fraction of sp³-hybridized carbons (Fsp3) is 0.400. The third-order valence-electron chi connectivity index (χ3n) is 6.15. The molecule has 3 aromatic rings. The van der Waals surface area contributed by atoms with Gasteiger partial charge in [-0.05, 0) is 32.0 Å². The molecule has 1 unspecified atom stereocenters. The van der Waals surface area contributed by atoms with E-state index in [9.17, 15) is 34.9 Å². The van der Waals surface area contributed by atoms with Crippen molar-refractivity contribution in [2.24, 2.45) is 9.36 Å². The maximum atomic E-state index is 15.0. The third-order valence-corrected chi connectivity index (χ3v) is 9.36. The van der Waals surface area contributed by atoms with E-state index in [1.165, 1.54) is 43.9 Å². The summed E-state index contributed by atoms with van der Waals surface area (Å²) in [7, 11) is -1.55. The van der Waals surface area contributed by atoms with Crippen LogP contribution in [0.5, 0.6) is 5.88 Å². The quantitative estimate of drug-likeness (QED) is 0.342. The number of alkyl halides is 6. The molecule has 2 atom stereocenters. The van der Waals surface area contributed by atoms with Crippen LogP contribution in [0.25, 0.3) is 22.7 Å². The highest BCUT2D eigenvalue weighted by Crippen LogP contribution is 2.40. The predicted octanol–water partition coefficient (Wildman–Crippen LogP) is 5.34. The summed E-state index contributed by atoms with van der Waals surface area (Å²) in [6.07, 6.45) is -3.89. The maximum absolute atomic E-state index is 15.0. The number of aromatic nitrogens is 3. The van der Waals surface area contributed by atoms with Gasteiger partial charge < -0.3 is 14.4 Å². The Morgan fingerprint density at radius 3 is 2.40 bits per heavy atom. The fourth-order valence-electron chi connectivity index (χ4n) is 3.74. The van der Waals surface area contributed by atoms with Crippen LogP contribution in [-0.2, 0) is 20.1 Å². The number of aliphatic carboxylic acids is 1. The molecule has 18 heteroatoms. The topological polar surface area (TPSA) is 140 Å². The smallest absolute Gasteiger partial charge is 0.475 e. The first-order chi connectivity index (χ1) is 20.0. The number of carboxylic acid groups (broad SMARTS) is 1. The van der Waals surface area contributed by atoms with Crippen molar-refractivity contribution < 1.29 is 54.1 Å². The average molecular weight is 640 g/mol. The second-order valence-corrected chi connectivity index (χ2v) is 12.5. The number of carbonyl (C=O) groups is 1. The summed E-state index contributed by atoms with van der Waals surface area (Å²) in [6, 6.07) is 5.48. The summed E-state index contributed by atoms with van der Waals surface area (Å²) in [5.74, 6) is -3.60. The van der Waals surface area contributed by atoms with E-state index in [2.05, 4.69) is 24.5 Å². The summed E-state index contributed by atoms with van der Waals surface area (Å²) in [4.78, 5) is 21.2. The van der Waals surface area contributed by atoms with E-state index < -0.39 is 57.7 Å². The standard InChI is InChI=1S/C23H23F4N5O3S.C2HF3O2/c1-22(2)12-31-23(11-24,13-36(22,33)28-3)15-6-14(4-5-16(15)25)19-7-17(32-35-19)18-8-30-21(9-29-18)34-10-20(26)27;3-2(4,5)1(6)7/h4-9,12,20H,10-11,13H2,1-3H3;(H,6,7)/t23-,36?;/m0./s1. The Labute approximate surface area is 240 Å². The Morgan fingerprint density at radius 2 is 1.86 bits per heavy atom. The first kappa shape index (κ1) is 33.4. The van der Waals surface area contributed by atoms with Crippen molar-refractivity contribution >= 4 is 21.9 Å². The zero-order valence-electron chi connectivity index (χ0n) is 22.6. The molecule has 43 heavy (non-hydrogen) atoms. The molecule has 0 amide bonds. The zero-order valence-corrected chi connectivity index (χ0v) is 23.4. The molecule has 1 aromatic carbocycles. The zero-order chi connectivity index (χ0) is 32.2. The minimum atomic E-state index is -5.08. The van der Waals surface area contributed by atoms with Gasteiger partial charge in [-0.25, -0.2) is 40.9 Å². The molecule has 234 valence electrons. The van der Waals surface area contributed by atoms with Crippen molar-refractivity contribution in [2.75, 3.05) is 26.1 Å². The lowest BCUT2D eigenvalue weighted by Gasteiger charge is -2.38. The van der Waals surface area contributed by atoms with Crippen molar-refractivity contribution in [1.82, 2.24) is 15.1 Å². The molecule has 0 bridgehead atoms. The van der Waals surface area contributed by atoms with Crippen LogP contribution in [0.1, 0.15) is 19.4 Å². The lowest BCUT2D eigenvalue weighted by atomic mass is 9.91. The number of hydrogen-bond donors (Lipinski definition) is 1. The maximum Gasteiger partial charge on any atom is 0.490 e. The van der Waals surface area contributed by atoms with E-state index in [4.69, 9.17) is 19.2 Å². The monoisotopic (exact) mass is 639 g/mol. The van der Waals surface area contributed by atoms with Crippen LogP contribution in [0.15, 0.2) is 50.5 Å². The van der Waals surface area contributed by atoms with E-state index in [1.54, 1.807) is 13.8 Å². The number of nitrogens with zero attached hydrogens (tertiary/aromatic N) is 5. The molecule has 10 nitrogen and oxygen atoms in total. The summed E-state index contributed by atoms with van der Waals surface area (Å²) < 4.78 is 113. The Balaban J connectivity index is 0.000000646. The molecular formula is C25H24F7N5O5S. The minimum absolute atomic E-state index is 0.0749. The second-order valence-electron chi connectivity index (χ2n) is 9.51. The summed E-state index contributed by atoms with van der Waals surface area (Å²) >= 11 is 0. The SMILES string of the molecule is CN=S1(=O)C[C@@](CF)(c2cc(-c3cc(-c4cnc(OCC(F)F)cn4)no3)ccc2F)N=CC1(C)C.O=C(O)C(F)(F)F. The van der Waals surface area contributed by atoms with Gasteiger partial charge in [0.1, 0.15) is 29.4 Å². The average Bonchev–Trinajstić information content (AvgIpc) is 3.44. The van der Waals surface area contributed by atoms with Crippen molar-refractivity contribution in [3.63, 3.8) is 0 Å². The van der Waals surface area contributed by atoms with Crippen molar-refractivity contribution in [2.45, 2.75) is 36.7 Å². The molecule has 0 fully saturated rings. The van der Waals surface area contributed by atoms with E-state index in [0.717, 1.165) is 6.07 Å². The summed E-state index contributed by atoms with van der Waals surface area (Å²) in [5, 5.41) is 11.1. The van der Waals surface area contributed by atoms with Crippen LogP contribution >= 0.6 is 0 Å². The number of benzene rings is 1. The highest BCUT2D eigenvalue weighted by molar-refractivity contribution is 7.95. The Hall–Kier alpha value is -4.09. The van der Waals surface area contributed by atoms with E-state index >= 15 is 0 Å². The lowest BCUT2D eigenvalue weighted by Crippen LogP contribution is -2.49. The molecule has 2 aromatic heterocycles.